The van der Waals surface area contributed by atoms with E-state index in [1.807, 2.05) is 6.07 Å². The first kappa shape index (κ1) is 14.7. The van der Waals surface area contributed by atoms with E-state index >= 15 is 0 Å². The van der Waals surface area contributed by atoms with Gasteiger partial charge >= 0.3 is 0 Å². The largest absolute Gasteiger partial charge is 0.312 e. The number of hydrogen-bond acceptors (Lipinski definition) is 2. The Kier molecular flexibility index (Phi) is 4.76. The zero-order valence-corrected chi connectivity index (χ0v) is 13.4. The number of benzene rings is 1. The Morgan fingerprint density at radius 1 is 1.32 bits per heavy atom. The monoisotopic (exact) mass is 341 g/mol. The van der Waals surface area contributed by atoms with Crippen LogP contribution in [0.2, 0.25) is 0 Å². The van der Waals surface area contributed by atoms with Gasteiger partial charge in [-0.1, -0.05) is 26.0 Å². The first-order valence-electron chi connectivity index (χ1n) is 6.18. The van der Waals surface area contributed by atoms with Crippen molar-refractivity contribution in [3.63, 3.8) is 0 Å². The molecular weight excluding hydrogens is 325 g/mol. The van der Waals surface area contributed by atoms with E-state index in [-0.39, 0.29) is 11.2 Å². The Hall–Kier alpha value is -0.710. The lowest BCUT2D eigenvalue weighted by Gasteiger charge is -2.23. The summed E-state index contributed by atoms with van der Waals surface area (Å²) in [5.74, 6) is -0.211. The highest BCUT2D eigenvalue weighted by Crippen LogP contribution is 2.26. The molecule has 0 aliphatic rings. The average molecular weight is 342 g/mol. The fraction of sp³-hybridized carbons (Fsp3) is 0.333. The topological polar surface area (TPSA) is 12.0 Å². The van der Waals surface area contributed by atoms with Crippen molar-refractivity contribution < 1.29 is 4.39 Å². The van der Waals surface area contributed by atoms with Crippen molar-refractivity contribution in [2.75, 3.05) is 6.54 Å². The van der Waals surface area contributed by atoms with Gasteiger partial charge in [-0.25, -0.2) is 4.39 Å². The normalized spacial score (nSPS) is 11.8. The molecule has 19 heavy (non-hydrogen) atoms. The maximum Gasteiger partial charge on any atom is 0.137 e. The molecule has 0 amide bonds. The van der Waals surface area contributed by atoms with Crippen LogP contribution in [0.25, 0.3) is 0 Å². The molecule has 1 aromatic carbocycles. The molecule has 0 bridgehead atoms. The van der Waals surface area contributed by atoms with Gasteiger partial charge in [0.2, 0.25) is 0 Å². The van der Waals surface area contributed by atoms with E-state index in [1.165, 1.54) is 4.88 Å². The van der Waals surface area contributed by atoms with Gasteiger partial charge in [-0.15, -0.1) is 11.3 Å². The van der Waals surface area contributed by atoms with E-state index in [0.717, 1.165) is 12.1 Å². The summed E-state index contributed by atoms with van der Waals surface area (Å²) < 4.78 is 13.9. The molecule has 1 N–H and O–H groups in total. The van der Waals surface area contributed by atoms with E-state index in [9.17, 15) is 4.39 Å². The van der Waals surface area contributed by atoms with Crippen molar-refractivity contribution in [1.82, 2.24) is 5.32 Å². The Morgan fingerprint density at radius 2 is 2.11 bits per heavy atom. The Bertz CT molecular complexity index is 537. The molecule has 102 valence electrons. The third kappa shape index (κ3) is 3.88. The summed E-state index contributed by atoms with van der Waals surface area (Å²) in [4.78, 5) is 1.36. The van der Waals surface area contributed by atoms with Gasteiger partial charge < -0.3 is 5.32 Å². The van der Waals surface area contributed by atoms with Crippen LogP contribution in [0.1, 0.15) is 24.3 Å². The highest BCUT2D eigenvalue weighted by Gasteiger charge is 2.20. The van der Waals surface area contributed by atoms with Crippen LogP contribution in [0.5, 0.6) is 0 Å². The van der Waals surface area contributed by atoms with Gasteiger partial charge in [-0.3, -0.25) is 0 Å². The number of nitrogens with one attached hydrogen (secondary N) is 1. The van der Waals surface area contributed by atoms with Crippen molar-refractivity contribution >= 4 is 27.3 Å². The first-order valence-corrected chi connectivity index (χ1v) is 7.85. The molecule has 0 aliphatic carbocycles. The Balaban J connectivity index is 1.91. The summed E-state index contributed by atoms with van der Waals surface area (Å²) in [7, 11) is 0. The molecule has 2 rings (SSSR count). The van der Waals surface area contributed by atoms with Crippen LogP contribution in [0.3, 0.4) is 0 Å². The predicted octanol–water partition coefficient (Wildman–Crippen LogP) is 4.72. The van der Waals surface area contributed by atoms with Gasteiger partial charge in [-0.2, -0.15) is 0 Å². The van der Waals surface area contributed by atoms with Crippen LogP contribution >= 0.6 is 27.3 Å². The van der Waals surface area contributed by atoms with E-state index < -0.39 is 0 Å². The number of thiophene rings is 1. The molecule has 2 aromatic rings. The van der Waals surface area contributed by atoms with Crippen molar-refractivity contribution in [3.05, 3.63) is 56.4 Å². The maximum atomic E-state index is 13.4. The van der Waals surface area contributed by atoms with E-state index in [2.05, 4.69) is 52.6 Å². The van der Waals surface area contributed by atoms with Crippen molar-refractivity contribution in [3.8, 4) is 0 Å². The molecule has 0 unspecified atom stereocenters. The smallest absolute Gasteiger partial charge is 0.137 e. The van der Waals surface area contributed by atoms with Gasteiger partial charge in [0.1, 0.15) is 5.82 Å². The van der Waals surface area contributed by atoms with Crippen LogP contribution in [0.15, 0.2) is 40.2 Å². The molecule has 0 aliphatic heterocycles. The molecule has 1 nitrogen and oxygen atoms in total. The standard InChI is InChI=1S/C15H17BrFNS/c1-15(2,14-4-3-7-19-14)10-18-9-11-5-6-12(16)13(17)8-11/h3-8,18H,9-10H2,1-2H3. The van der Waals surface area contributed by atoms with Gasteiger partial charge in [0.15, 0.2) is 0 Å². The lowest BCUT2D eigenvalue weighted by Crippen LogP contribution is -2.31. The summed E-state index contributed by atoms with van der Waals surface area (Å²) in [6.07, 6.45) is 0. The second-order valence-corrected chi connectivity index (χ2v) is 7.02. The minimum atomic E-state index is -0.211. The molecule has 0 radical (unpaired) electrons. The summed E-state index contributed by atoms with van der Waals surface area (Å²) in [5.41, 5.74) is 1.06. The number of hydrogen-bond donors (Lipinski definition) is 1. The van der Waals surface area contributed by atoms with Gasteiger partial charge in [0, 0.05) is 23.4 Å². The summed E-state index contributed by atoms with van der Waals surface area (Å²) in [6.45, 7) is 5.98. The molecule has 1 aromatic heterocycles. The van der Waals surface area contributed by atoms with Crippen LogP contribution in [0, 0.1) is 5.82 Å². The molecule has 0 saturated carbocycles. The van der Waals surface area contributed by atoms with Crippen LogP contribution in [-0.2, 0) is 12.0 Å². The van der Waals surface area contributed by atoms with Gasteiger partial charge in [0.25, 0.3) is 0 Å². The zero-order valence-electron chi connectivity index (χ0n) is 11.0. The van der Waals surface area contributed by atoms with Crippen molar-refractivity contribution in [2.45, 2.75) is 25.8 Å². The van der Waals surface area contributed by atoms with E-state index in [4.69, 9.17) is 0 Å². The second-order valence-electron chi connectivity index (χ2n) is 5.21. The maximum absolute atomic E-state index is 13.4. The fourth-order valence-electron chi connectivity index (χ4n) is 1.92. The van der Waals surface area contributed by atoms with E-state index in [1.54, 1.807) is 23.5 Å². The van der Waals surface area contributed by atoms with Gasteiger partial charge in [0.05, 0.1) is 4.47 Å². The quantitative estimate of drug-likeness (QED) is 0.829. The molecule has 4 heteroatoms. The minimum Gasteiger partial charge on any atom is -0.312 e. The molecule has 0 saturated heterocycles. The lowest BCUT2D eigenvalue weighted by molar-refractivity contribution is 0.476. The van der Waals surface area contributed by atoms with Gasteiger partial charge in [-0.05, 0) is 45.1 Å². The average Bonchev–Trinajstić information content (AvgIpc) is 2.88. The molecular formula is C15H17BrFNS. The van der Waals surface area contributed by atoms with Crippen LogP contribution in [0.4, 0.5) is 4.39 Å². The first-order chi connectivity index (χ1) is 8.99. The number of halogens is 2. The van der Waals surface area contributed by atoms with Crippen LogP contribution < -0.4 is 5.32 Å². The highest BCUT2D eigenvalue weighted by molar-refractivity contribution is 9.10. The summed E-state index contributed by atoms with van der Waals surface area (Å²) in [6, 6.07) is 9.47. The third-order valence-corrected chi connectivity index (χ3v) is 4.95. The minimum absolute atomic E-state index is 0.0993. The van der Waals surface area contributed by atoms with Crippen LogP contribution in [-0.4, -0.2) is 6.54 Å². The Morgan fingerprint density at radius 3 is 2.74 bits per heavy atom. The van der Waals surface area contributed by atoms with Crippen molar-refractivity contribution in [1.29, 1.82) is 0 Å². The zero-order chi connectivity index (χ0) is 13.9. The number of rotatable bonds is 5. The summed E-state index contributed by atoms with van der Waals surface area (Å²) >= 11 is 4.94. The van der Waals surface area contributed by atoms with E-state index in [0.29, 0.717) is 11.0 Å². The lowest BCUT2D eigenvalue weighted by atomic mass is 9.91. The highest BCUT2D eigenvalue weighted by atomic mass is 79.9. The fourth-order valence-corrected chi connectivity index (χ4v) is 3.02. The summed E-state index contributed by atoms with van der Waals surface area (Å²) in [5, 5.41) is 5.50. The molecule has 0 fully saturated rings. The Labute approximate surface area is 126 Å². The molecule has 0 atom stereocenters. The second kappa shape index (κ2) is 6.16. The third-order valence-electron chi connectivity index (χ3n) is 3.07. The molecule has 1 heterocycles. The van der Waals surface area contributed by atoms with Crippen molar-refractivity contribution in [2.24, 2.45) is 0 Å². The SMILES string of the molecule is CC(C)(CNCc1ccc(Br)c(F)c1)c1cccs1. The molecule has 0 spiro atoms. The predicted molar refractivity (Wildman–Crippen MR) is 83.2 cm³/mol.